The number of nitrogens with zero attached hydrogens (tertiary/aromatic N) is 2. The normalized spacial score (nSPS) is 18.4. The van der Waals surface area contributed by atoms with Crippen LogP contribution < -0.4 is 0 Å². The summed E-state index contributed by atoms with van der Waals surface area (Å²) in [5.41, 5.74) is 0.373. The Morgan fingerprint density at radius 1 is 1.30 bits per heavy atom. The van der Waals surface area contributed by atoms with Crippen molar-refractivity contribution in [1.82, 2.24) is 4.90 Å². The fourth-order valence-corrected chi connectivity index (χ4v) is 1.92. The van der Waals surface area contributed by atoms with E-state index in [4.69, 9.17) is 4.74 Å². The number of ether oxygens (including phenoxy) is 1. The minimum atomic E-state index is -0.618. The van der Waals surface area contributed by atoms with E-state index in [9.17, 15) is 9.59 Å². The molecule has 0 spiro atoms. The van der Waals surface area contributed by atoms with Crippen LogP contribution in [0.3, 0.4) is 0 Å². The lowest BCUT2D eigenvalue weighted by Crippen LogP contribution is -2.43. The van der Waals surface area contributed by atoms with Gasteiger partial charge in [0.2, 0.25) is 0 Å². The lowest BCUT2D eigenvalue weighted by Gasteiger charge is -2.26. The molecule has 1 atom stereocenters. The van der Waals surface area contributed by atoms with Gasteiger partial charge in [-0.3, -0.25) is 9.69 Å². The molecule has 5 nitrogen and oxygen atoms in total. The van der Waals surface area contributed by atoms with Crippen molar-refractivity contribution in [3.63, 3.8) is 0 Å². The molecule has 0 fully saturated rings. The summed E-state index contributed by atoms with van der Waals surface area (Å²) >= 11 is 0. The molecule has 0 saturated heterocycles. The molecule has 0 bridgehead atoms. The Morgan fingerprint density at radius 2 is 1.95 bits per heavy atom. The fourth-order valence-electron chi connectivity index (χ4n) is 1.92. The van der Waals surface area contributed by atoms with E-state index in [1.54, 1.807) is 20.8 Å². The molecule has 1 unspecified atom stereocenters. The summed E-state index contributed by atoms with van der Waals surface area (Å²) in [5, 5.41) is 0. The van der Waals surface area contributed by atoms with E-state index in [1.807, 2.05) is 30.3 Å². The van der Waals surface area contributed by atoms with Crippen molar-refractivity contribution < 1.29 is 14.3 Å². The average Bonchev–Trinajstić information content (AvgIpc) is 2.70. The summed E-state index contributed by atoms with van der Waals surface area (Å²) in [7, 11) is 0. The van der Waals surface area contributed by atoms with Crippen LogP contribution in [0.1, 0.15) is 26.3 Å². The number of benzene rings is 1. The van der Waals surface area contributed by atoms with E-state index < -0.39 is 17.7 Å². The van der Waals surface area contributed by atoms with Crippen molar-refractivity contribution in [3.8, 4) is 0 Å². The van der Waals surface area contributed by atoms with Crippen LogP contribution in [0.15, 0.2) is 35.3 Å². The average molecular weight is 274 g/mol. The van der Waals surface area contributed by atoms with Gasteiger partial charge in [0.05, 0.1) is 0 Å². The molecule has 5 heteroatoms. The summed E-state index contributed by atoms with van der Waals surface area (Å²) in [6.45, 7) is 5.35. The van der Waals surface area contributed by atoms with Crippen molar-refractivity contribution in [2.45, 2.75) is 38.8 Å². The van der Waals surface area contributed by atoms with Crippen LogP contribution in [0.4, 0.5) is 4.79 Å². The number of hydrogen-bond donors (Lipinski definition) is 0. The van der Waals surface area contributed by atoms with Gasteiger partial charge in [-0.15, -0.1) is 0 Å². The highest BCUT2D eigenvalue weighted by atomic mass is 16.6. The highest BCUT2D eigenvalue weighted by Crippen LogP contribution is 2.17. The minimum Gasteiger partial charge on any atom is -0.443 e. The molecule has 0 saturated carbocycles. The zero-order chi connectivity index (χ0) is 14.8. The summed E-state index contributed by atoms with van der Waals surface area (Å²) in [4.78, 5) is 28.9. The van der Waals surface area contributed by atoms with E-state index in [-0.39, 0.29) is 5.91 Å². The summed E-state index contributed by atoms with van der Waals surface area (Å²) < 4.78 is 5.28. The van der Waals surface area contributed by atoms with Crippen molar-refractivity contribution in [1.29, 1.82) is 0 Å². The number of hydrogen-bond acceptors (Lipinski definition) is 3. The Bertz CT molecular complexity index is 532. The van der Waals surface area contributed by atoms with E-state index >= 15 is 0 Å². The maximum Gasteiger partial charge on any atom is 0.416 e. The molecule has 1 aliphatic heterocycles. The lowest BCUT2D eigenvalue weighted by molar-refractivity contribution is -0.120. The third-order valence-electron chi connectivity index (χ3n) is 2.81. The number of carbonyl (C=O) groups is 2. The first-order valence-electron chi connectivity index (χ1n) is 6.50. The zero-order valence-corrected chi connectivity index (χ0v) is 11.9. The van der Waals surface area contributed by atoms with Gasteiger partial charge in [-0.1, -0.05) is 30.3 Å². The molecule has 0 radical (unpaired) electrons. The van der Waals surface area contributed by atoms with Gasteiger partial charge in [-0.05, 0) is 26.3 Å². The standard InChI is InChI=1S/C15H18N2O3/c1-15(2,3)20-14(19)17-10-16-13(18)12(17)9-11-7-5-4-6-8-11/h4-8,10,12H,9H2,1-3H3. The van der Waals surface area contributed by atoms with Crippen molar-refractivity contribution in [2.24, 2.45) is 4.99 Å². The molecule has 1 aliphatic rings. The molecular formula is C15H18N2O3. The molecule has 0 N–H and O–H groups in total. The summed E-state index contributed by atoms with van der Waals surface area (Å²) in [6, 6.07) is 8.91. The molecule has 2 rings (SSSR count). The number of carbonyl (C=O) groups excluding carboxylic acids is 2. The number of amides is 2. The van der Waals surface area contributed by atoms with Crippen LogP contribution in [0.25, 0.3) is 0 Å². The van der Waals surface area contributed by atoms with Gasteiger partial charge in [0.25, 0.3) is 5.91 Å². The Hall–Kier alpha value is -2.17. The predicted molar refractivity (Wildman–Crippen MR) is 75.5 cm³/mol. The van der Waals surface area contributed by atoms with Gasteiger partial charge in [0.15, 0.2) is 0 Å². The van der Waals surface area contributed by atoms with Gasteiger partial charge in [-0.25, -0.2) is 9.79 Å². The van der Waals surface area contributed by atoms with E-state index in [2.05, 4.69) is 4.99 Å². The Labute approximate surface area is 118 Å². The van der Waals surface area contributed by atoms with Crippen LogP contribution in [-0.4, -0.2) is 34.9 Å². The second kappa shape index (κ2) is 5.45. The van der Waals surface area contributed by atoms with Crippen LogP contribution >= 0.6 is 0 Å². The third kappa shape index (κ3) is 3.44. The second-order valence-electron chi connectivity index (χ2n) is 5.68. The fraction of sp³-hybridized carbons (Fsp3) is 0.400. The molecule has 1 aromatic rings. The van der Waals surface area contributed by atoms with Gasteiger partial charge in [0, 0.05) is 6.42 Å². The molecule has 0 aliphatic carbocycles. The quantitative estimate of drug-likeness (QED) is 0.832. The van der Waals surface area contributed by atoms with Crippen LogP contribution in [0.5, 0.6) is 0 Å². The maximum absolute atomic E-state index is 12.1. The van der Waals surface area contributed by atoms with Gasteiger partial charge in [0.1, 0.15) is 18.0 Å². The highest BCUT2D eigenvalue weighted by Gasteiger charge is 2.35. The van der Waals surface area contributed by atoms with Crippen molar-refractivity contribution in [3.05, 3.63) is 35.9 Å². The molecule has 1 aromatic carbocycles. The van der Waals surface area contributed by atoms with Crippen LogP contribution in [0, 0.1) is 0 Å². The zero-order valence-electron chi connectivity index (χ0n) is 11.9. The number of rotatable bonds is 2. The highest BCUT2D eigenvalue weighted by molar-refractivity contribution is 6.02. The Balaban J connectivity index is 2.10. The van der Waals surface area contributed by atoms with Gasteiger partial charge >= 0.3 is 6.09 Å². The smallest absolute Gasteiger partial charge is 0.416 e. The first kappa shape index (κ1) is 14.2. The first-order valence-corrected chi connectivity index (χ1v) is 6.50. The Morgan fingerprint density at radius 3 is 2.55 bits per heavy atom. The lowest BCUT2D eigenvalue weighted by atomic mass is 10.1. The van der Waals surface area contributed by atoms with Gasteiger partial charge < -0.3 is 4.74 Å². The predicted octanol–water partition coefficient (Wildman–Crippen LogP) is 2.40. The SMILES string of the molecule is CC(C)(C)OC(=O)N1C=NC(=O)C1Cc1ccccc1. The maximum atomic E-state index is 12.1. The molecule has 1 heterocycles. The molecule has 20 heavy (non-hydrogen) atoms. The van der Waals surface area contributed by atoms with Crippen molar-refractivity contribution in [2.75, 3.05) is 0 Å². The van der Waals surface area contributed by atoms with Crippen molar-refractivity contribution >= 4 is 18.3 Å². The summed E-state index contributed by atoms with van der Waals surface area (Å²) in [6.07, 6.45) is 1.14. The summed E-state index contributed by atoms with van der Waals surface area (Å²) in [5.74, 6) is -0.320. The minimum absolute atomic E-state index is 0.320. The first-order chi connectivity index (χ1) is 9.37. The van der Waals surface area contributed by atoms with Gasteiger partial charge in [-0.2, -0.15) is 0 Å². The third-order valence-corrected chi connectivity index (χ3v) is 2.81. The molecular weight excluding hydrogens is 256 g/mol. The molecule has 2 amide bonds. The largest absolute Gasteiger partial charge is 0.443 e. The van der Waals surface area contributed by atoms with E-state index in [1.165, 1.54) is 11.2 Å². The Kier molecular flexibility index (Phi) is 3.88. The van der Waals surface area contributed by atoms with Crippen LogP contribution in [0.2, 0.25) is 0 Å². The topological polar surface area (TPSA) is 59.0 Å². The van der Waals surface area contributed by atoms with Crippen LogP contribution in [-0.2, 0) is 16.0 Å². The molecule has 0 aromatic heterocycles. The monoisotopic (exact) mass is 274 g/mol. The number of aliphatic imine (C=N–C) groups is 1. The second-order valence-corrected chi connectivity index (χ2v) is 5.68. The molecule has 106 valence electrons. The van der Waals surface area contributed by atoms with E-state index in [0.29, 0.717) is 6.42 Å². The van der Waals surface area contributed by atoms with E-state index in [0.717, 1.165) is 5.56 Å².